The summed E-state index contributed by atoms with van der Waals surface area (Å²) >= 11 is 1.76. The van der Waals surface area contributed by atoms with Gasteiger partial charge >= 0.3 is 0 Å². The summed E-state index contributed by atoms with van der Waals surface area (Å²) in [7, 11) is 0. The van der Waals surface area contributed by atoms with Crippen molar-refractivity contribution in [1.29, 1.82) is 0 Å². The molecular weight excluding hydrogens is 244 g/mol. The normalized spacial score (nSPS) is 30.4. The van der Waals surface area contributed by atoms with Gasteiger partial charge in [0.25, 0.3) is 0 Å². The van der Waals surface area contributed by atoms with Crippen LogP contribution >= 0.6 is 11.3 Å². The lowest BCUT2D eigenvalue weighted by Gasteiger charge is -2.17. The van der Waals surface area contributed by atoms with E-state index in [9.17, 15) is 4.79 Å². The van der Waals surface area contributed by atoms with E-state index < -0.39 is 0 Å². The molecule has 1 aromatic heterocycles. The van der Waals surface area contributed by atoms with Gasteiger partial charge in [-0.1, -0.05) is 6.42 Å². The van der Waals surface area contributed by atoms with E-state index in [0.29, 0.717) is 12.5 Å². The van der Waals surface area contributed by atoms with E-state index >= 15 is 0 Å². The van der Waals surface area contributed by atoms with Crippen LogP contribution in [-0.2, 0) is 11.3 Å². The number of aryl methyl sites for hydroxylation is 1. The summed E-state index contributed by atoms with van der Waals surface area (Å²) in [6.45, 7) is 3.80. The maximum Gasteiger partial charge on any atom is 0.237 e. The van der Waals surface area contributed by atoms with Crippen molar-refractivity contribution < 1.29 is 4.79 Å². The predicted octanol–water partition coefficient (Wildman–Crippen LogP) is 2.06. The Hall–Kier alpha value is -0.870. The van der Waals surface area contributed by atoms with Gasteiger partial charge in [0.05, 0.1) is 12.6 Å². The molecule has 1 amide bonds. The van der Waals surface area contributed by atoms with Crippen molar-refractivity contribution in [2.24, 2.45) is 11.8 Å². The zero-order valence-corrected chi connectivity index (χ0v) is 11.6. The smallest absolute Gasteiger partial charge is 0.237 e. The minimum absolute atomic E-state index is 0.0542. The highest BCUT2D eigenvalue weighted by atomic mass is 32.1. The van der Waals surface area contributed by atoms with Gasteiger partial charge in [-0.05, 0) is 50.3 Å². The Morgan fingerprint density at radius 3 is 3.17 bits per heavy atom. The van der Waals surface area contributed by atoms with E-state index in [1.54, 1.807) is 11.3 Å². The van der Waals surface area contributed by atoms with Gasteiger partial charge in [-0.25, -0.2) is 0 Å². The molecule has 1 aliphatic carbocycles. The summed E-state index contributed by atoms with van der Waals surface area (Å²) in [4.78, 5) is 14.7. The van der Waals surface area contributed by atoms with Gasteiger partial charge in [-0.15, -0.1) is 11.3 Å². The second kappa shape index (κ2) is 5.02. The summed E-state index contributed by atoms with van der Waals surface area (Å²) in [5.41, 5.74) is 0. The molecule has 4 heteroatoms. The van der Waals surface area contributed by atoms with Crippen LogP contribution in [0.5, 0.6) is 0 Å². The Morgan fingerprint density at radius 1 is 1.50 bits per heavy atom. The Labute approximate surface area is 112 Å². The topological polar surface area (TPSA) is 41.1 Å². The molecule has 3 unspecified atom stereocenters. The average Bonchev–Trinajstić information content (AvgIpc) is 3.01. The SMILES string of the molecule is Cc1ccc(CNC(=O)C2NCC3CCCC32)s1. The molecule has 0 spiro atoms. The van der Waals surface area contributed by atoms with Gasteiger partial charge < -0.3 is 10.6 Å². The van der Waals surface area contributed by atoms with Crippen LogP contribution in [-0.4, -0.2) is 18.5 Å². The third kappa shape index (κ3) is 2.31. The first-order valence-corrected chi connectivity index (χ1v) is 7.62. The zero-order chi connectivity index (χ0) is 12.5. The lowest BCUT2D eigenvalue weighted by Crippen LogP contribution is -2.43. The molecule has 3 rings (SSSR count). The molecule has 2 N–H and O–H groups in total. The van der Waals surface area contributed by atoms with Crippen molar-refractivity contribution in [2.45, 2.75) is 38.8 Å². The van der Waals surface area contributed by atoms with Gasteiger partial charge in [0.15, 0.2) is 0 Å². The fourth-order valence-electron chi connectivity index (χ4n) is 3.34. The number of carbonyl (C=O) groups excluding carboxylic acids is 1. The first-order valence-electron chi connectivity index (χ1n) is 6.80. The highest BCUT2D eigenvalue weighted by Crippen LogP contribution is 2.37. The molecule has 2 heterocycles. The second-order valence-corrected chi connectivity index (χ2v) is 6.84. The highest BCUT2D eigenvalue weighted by Gasteiger charge is 2.42. The molecular formula is C14H20N2OS. The number of thiophene rings is 1. The minimum Gasteiger partial charge on any atom is -0.350 e. The molecule has 1 aromatic rings. The fourth-order valence-corrected chi connectivity index (χ4v) is 4.17. The van der Waals surface area contributed by atoms with Gasteiger partial charge in [-0.3, -0.25) is 4.79 Å². The third-order valence-corrected chi connectivity index (χ3v) is 5.26. The van der Waals surface area contributed by atoms with Crippen molar-refractivity contribution in [3.63, 3.8) is 0 Å². The van der Waals surface area contributed by atoms with Crippen LogP contribution in [0, 0.1) is 18.8 Å². The van der Waals surface area contributed by atoms with Gasteiger partial charge in [0.1, 0.15) is 0 Å². The summed E-state index contributed by atoms with van der Waals surface area (Å²) in [5.74, 6) is 1.51. The summed E-state index contributed by atoms with van der Waals surface area (Å²) in [6.07, 6.45) is 3.81. The Balaban J connectivity index is 1.55. The zero-order valence-electron chi connectivity index (χ0n) is 10.7. The van der Waals surface area contributed by atoms with Crippen LogP contribution in [0.1, 0.15) is 29.0 Å². The summed E-state index contributed by atoms with van der Waals surface area (Å²) in [5, 5.41) is 6.47. The molecule has 3 atom stereocenters. The quantitative estimate of drug-likeness (QED) is 0.877. The lowest BCUT2D eigenvalue weighted by atomic mass is 9.94. The predicted molar refractivity (Wildman–Crippen MR) is 73.5 cm³/mol. The van der Waals surface area contributed by atoms with Crippen molar-refractivity contribution in [2.75, 3.05) is 6.54 Å². The first-order chi connectivity index (χ1) is 8.74. The third-order valence-electron chi connectivity index (χ3n) is 4.26. The van der Waals surface area contributed by atoms with Crippen LogP contribution in [0.2, 0.25) is 0 Å². The molecule has 0 bridgehead atoms. The minimum atomic E-state index is 0.0542. The number of nitrogens with one attached hydrogen (secondary N) is 2. The second-order valence-electron chi connectivity index (χ2n) is 5.47. The van der Waals surface area contributed by atoms with Gasteiger partial charge in [-0.2, -0.15) is 0 Å². The molecule has 98 valence electrons. The number of hydrogen-bond acceptors (Lipinski definition) is 3. The Bertz CT molecular complexity index is 443. The van der Waals surface area contributed by atoms with E-state index in [1.807, 2.05) is 0 Å². The van der Waals surface area contributed by atoms with Crippen LogP contribution in [0.3, 0.4) is 0 Å². The van der Waals surface area contributed by atoms with Gasteiger partial charge in [0.2, 0.25) is 5.91 Å². The van der Waals surface area contributed by atoms with E-state index in [-0.39, 0.29) is 11.9 Å². The van der Waals surface area contributed by atoms with E-state index in [1.165, 1.54) is 29.0 Å². The molecule has 0 radical (unpaired) electrons. The van der Waals surface area contributed by atoms with Crippen molar-refractivity contribution in [1.82, 2.24) is 10.6 Å². The largest absolute Gasteiger partial charge is 0.350 e. The molecule has 1 saturated carbocycles. The molecule has 1 aliphatic heterocycles. The first kappa shape index (κ1) is 12.2. The monoisotopic (exact) mass is 264 g/mol. The maximum absolute atomic E-state index is 12.2. The molecule has 18 heavy (non-hydrogen) atoms. The summed E-state index contributed by atoms with van der Waals surface area (Å²) < 4.78 is 0. The highest BCUT2D eigenvalue weighted by molar-refractivity contribution is 7.11. The van der Waals surface area contributed by atoms with Crippen LogP contribution in [0.25, 0.3) is 0 Å². The van der Waals surface area contributed by atoms with Gasteiger partial charge in [0, 0.05) is 9.75 Å². The number of fused-ring (bicyclic) bond motifs is 1. The molecule has 2 aliphatic rings. The Kier molecular flexibility index (Phi) is 3.39. The molecule has 0 aromatic carbocycles. The van der Waals surface area contributed by atoms with E-state index in [0.717, 1.165) is 12.5 Å². The van der Waals surface area contributed by atoms with Crippen LogP contribution in [0.15, 0.2) is 12.1 Å². The lowest BCUT2D eigenvalue weighted by molar-refractivity contribution is -0.123. The van der Waals surface area contributed by atoms with Crippen LogP contribution in [0.4, 0.5) is 0 Å². The van der Waals surface area contributed by atoms with Crippen molar-refractivity contribution >= 4 is 17.2 Å². The maximum atomic E-state index is 12.2. The number of carbonyl (C=O) groups is 1. The molecule has 2 fully saturated rings. The number of rotatable bonds is 3. The van der Waals surface area contributed by atoms with Crippen LogP contribution < -0.4 is 10.6 Å². The molecule has 3 nitrogen and oxygen atoms in total. The fraction of sp³-hybridized carbons (Fsp3) is 0.643. The number of amides is 1. The number of hydrogen-bond donors (Lipinski definition) is 2. The molecule has 1 saturated heterocycles. The summed E-state index contributed by atoms with van der Waals surface area (Å²) in [6, 6.07) is 4.26. The van der Waals surface area contributed by atoms with E-state index in [4.69, 9.17) is 0 Å². The van der Waals surface area contributed by atoms with Crippen molar-refractivity contribution in [3.05, 3.63) is 21.9 Å². The Morgan fingerprint density at radius 2 is 2.39 bits per heavy atom. The average molecular weight is 264 g/mol. The standard InChI is InChI=1S/C14H20N2OS/c1-9-5-6-11(18-9)8-16-14(17)13-12-4-2-3-10(12)7-15-13/h5-6,10,12-13,15H,2-4,7-8H2,1H3,(H,16,17). The van der Waals surface area contributed by atoms with Crippen molar-refractivity contribution in [3.8, 4) is 0 Å². The van der Waals surface area contributed by atoms with E-state index in [2.05, 4.69) is 29.7 Å².